The van der Waals surface area contributed by atoms with Crippen LogP contribution in [-0.2, 0) is 14.9 Å². The van der Waals surface area contributed by atoms with E-state index < -0.39 is 41.3 Å². The molecule has 174 valence electrons. The number of carbonyl (C=O) groups is 2. The zero-order valence-electron chi connectivity index (χ0n) is 17.7. The van der Waals surface area contributed by atoms with Crippen LogP contribution in [0.15, 0.2) is 36.5 Å². The largest absolute Gasteiger partial charge is 0.496 e. The van der Waals surface area contributed by atoms with Crippen molar-refractivity contribution in [1.29, 1.82) is 0 Å². The second kappa shape index (κ2) is 9.11. The van der Waals surface area contributed by atoms with Gasteiger partial charge in [-0.3, -0.25) is 4.79 Å². The smallest absolute Gasteiger partial charge is 0.426 e. The first-order valence-electron chi connectivity index (χ1n) is 9.24. The summed E-state index contributed by atoms with van der Waals surface area (Å²) >= 11 is 0. The molecule has 0 saturated carbocycles. The Hall–Kier alpha value is -3.21. The SMILES string of the molecule is COC(=O)c1ccc(NC(=O)C(O)(CC(C)(C)c2cc(F)ccc2OC)C(F)(F)F)nc1. The van der Waals surface area contributed by atoms with Gasteiger partial charge in [-0.05, 0) is 35.7 Å². The maximum atomic E-state index is 13.9. The summed E-state index contributed by atoms with van der Waals surface area (Å²) in [5.74, 6) is -3.46. The van der Waals surface area contributed by atoms with E-state index >= 15 is 0 Å². The van der Waals surface area contributed by atoms with Gasteiger partial charge in [0.2, 0.25) is 5.60 Å². The number of amides is 1. The van der Waals surface area contributed by atoms with Gasteiger partial charge in [0.15, 0.2) is 0 Å². The van der Waals surface area contributed by atoms with Gasteiger partial charge < -0.3 is 19.9 Å². The number of benzene rings is 1. The minimum absolute atomic E-state index is 0.0101. The lowest BCUT2D eigenvalue weighted by molar-refractivity contribution is -0.254. The van der Waals surface area contributed by atoms with E-state index in [4.69, 9.17) is 4.74 Å². The van der Waals surface area contributed by atoms with Crippen LogP contribution in [0.2, 0.25) is 0 Å². The molecule has 0 radical (unpaired) electrons. The number of anilines is 1. The summed E-state index contributed by atoms with van der Waals surface area (Å²) in [6, 6.07) is 5.57. The predicted octanol–water partition coefficient (Wildman–Crippen LogP) is 3.62. The molecule has 1 aromatic carbocycles. The molecule has 32 heavy (non-hydrogen) atoms. The van der Waals surface area contributed by atoms with Gasteiger partial charge in [-0.1, -0.05) is 13.8 Å². The van der Waals surface area contributed by atoms with Gasteiger partial charge in [0.05, 0.1) is 19.8 Å². The number of nitrogens with zero attached hydrogens (tertiary/aromatic N) is 1. The molecule has 2 N–H and O–H groups in total. The fourth-order valence-corrected chi connectivity index (χ4v) is 3.18. The summed E-state index contributed by atoms with van der Waals surface area (Å²) < 4.78 is 65.0. The molecule has 0 fully saturated rings. The monoisotopic (exact) mass is 458 g/mol. The molecular weight excluding hydrogens is 436 g/mol. The first-order chi connectivity index (χ1) is 14.7. The van der Waals surface area contributed by atoms with E-state index in [0.717, 1.165) is 31.5 Å². The lowest BCUT2D eigenvalue weighted by atomic mass is 9.74. The third-order valence-corrected chi connectivity index (χ3v) is 4.86. The summed E-state index contributed by atoms with van der Waals surface area (Å²) in [4.78, 5) is 27.7. The summed E-state index contributed by atoms with van der Waals surface area (Å²) in [6.45, 7) is 2.63. The predicted molar refractivity (Wildman–Crippen MR) is 106 cm³/mol. The number of pyridine rings is 1. The molecule has 1 amide bonds. The van der Waals surface area contributed by atoms with E-state index in [9.17, 15) is 32.3 Å². The summed E-state index contributed by atoms with van der Waals surface area (Å²) in [6.07, 6.45) is -5.52. The van der Waals surface area contributed by atoms with Crippen molar-refractivity contribution in [2.45, 2.75) is 37.5 Å². The molecule has 1 aromatic heterocycles. The van der Waals surface area contributed by atoms with Crippen molar-refractivity contribution < 1.29 is 41.7 Å². The average molecular weight is 458 g/mol. The highest BCUT2D eigenvalue weighted by Crippen LogP contribution is 2.44. The Labute approximate surface area is 181 Å². The van der Waals surface area contributed by atoms with E-state index in [-0.39, 0.29) is 22.7 Å². The fourth-order valence-electron chi connectivity index (χ4n) is 3.18. The van der Waals surface area contributed by atoms with E-state index in [0.29, 0.717) is 0 Å². The van der Waals surface area contributed by atoms with E-state index in [1.165, 1.54) is 33.1 Å². The number of halogens is 4. The molecule has 0 saturated heterocycles. The van der Waals surface area contributed by atoms with Crippen molar-refractivity contribution >= 4 is 17.7 Å². The van der Waals surface area contributed by atoms with Crippen LogP contribution < -0.4 is 10.1 Å². The molecule has 7 nitrogen and oxygen atoms in total. The zero-order valence-corrected chi connectivity index (χ0v) is 17.7. The van der Waals surface area contributed by atoms with Crippen LogP contribution in [0, 0.1) is 5.82 Å². The summed E-state index contributed by atoms with van der Waals surface area (Å²) in [7, 11) is 2.40. The highest BCUT2D eigenvalue weighted by Gasteiger charge is 2.61. The Balaban J connectivity index is 2.38. The van der Waals surface area contributed by atoms with Gasteiger partial charge in [0.25, 0.3) is 5.91 Å². The molecule has 11 heteroatoms. The number of aliphatic hydroxyl groups is 1. The number of alkyl halides is 3. The van der Waals surface area contributed by atoms with Gasteiger partial charge in [0.1, 0.15) is 17.4 Å². The third-order valence-electron chi connectivity index (χ3n) is 4.86. The molecule has 1 heterocycles. The molecule has 0 aliphatic heterocycles. The summed E-state index contributed by atoms with van der Waals surface area (Å²) in [5.41, 5.74) is -5.35. The molecule has 2 aromatic rings. The Bertz CT molecular complexity index is 993. The molecular formula is C21H22F4N2O5. The average Bonchev–Trinajstić information content (AvgIpc) is 2.72. The Morgan fingerprint density at radius 1 is 1.12 bits per heavy atom. The van der Waals surface area contributed by atoms with Crippen LogP contribution in [0.1, 0.15) is 36.2 Å². The van der Waals surface area contributed by atoms with Gasteiger partial charge in [-0.25, -0.2) is 14.2 Å². The zero-order chi connectivity index (χ0) is 24.3. The number of rotatable bonds is 7. The minimum Gasteiger partial charge on any atom is -0.496 e. The van der Waals surface area contributed by atoms with Crippen LogP contribution in [0.5, 0.6) is 5.75 Å². The van der Waals surface area contributed by atoms with Gasteiger partial charge in [-0.2, -0.15) is 13.2 Å². The first kappa shape index (κ1) is 25.1. The molecule has 1 unspecified atom stereocenters. The molecule has 0 aliphatic carbocycles. The molecule has 2 rings (SSSR count). The quantitative estimate of drug-likeness (QED) is 0.486. The number of methoxy groups -OCH3 is 2. The van der Waals surface area contributed by atoms with Crippen LogP contribution in [0.25, 0.3) is 0 Å². The number of carbonyl (C=O) groups excluding carboxylic acids is 2. The Kier molecular flexibility index (Phi) is 7.13. The van der Waals surface area contributed by atoms with Crippen LogP contribution in [0.4, 0.5) is 23.4 Å². The van der Waals surface area contributed by atoms with Gasteiger partial charge in [-0.15, -0.1) is 0 Å². The lowest BCUT2D eigenvalue weighted by Gasteiger charge is -2.37. The third kappa shape index (κ3) is 5.16. The molecule has 0 bridgehead atoms. The Morgan fingerprint density at radius 3 is 2.28 bits per heavy atom. The lowest BCUT2D eigenvalue weighted by Crippen LogP contribution is -2.57. The van der Waals surface area contributed by atoms with Crippen LogP contribution in [0.3, 0.4) is 0 Å². The van der Waals surface area contributed by atoms with Crippen molar-refractivity contribution in [3.8, 4) is 5.75 Å². The molecule has 1 atom stereocenters. The first-order valence-corrected chi connectivity index (χ1v) is 9.24. The second-order valence-electron chi connectivity index (χ2n) is 7.64. The normalized spacial score (nSPS) is 13.8. The number of hydrogen-bond acceptors (Lipinski definition) is 6. The summed E-state index contributed by atoms with van der Waals surface area (Å²) in [5, 5.41) is 12.4. The highest BCUT2D eigenvalue weighted by atomic mass is 19.4. The maximum Gasteiger partial charge on any atom is 0.426 e. The second-order valence-corrected chi connectivity index (χ2v) is 7.64. The number of esters is 1. The van der Waals surface area contributed by atoms with Crippen molar-refractivity contribution in [3.05, 3.63) is 53.5 Å². The van der Waals surface area contributed by atoms with Crippen LogP contribution >= 0.6 is 0 Å². The topological polar surface area (TPSA) is 97.8 Å². The van der Waals surface area contributed by atoms with Crippen molar-refractivity contribution in [3.63, 3.8) is 0 Å². The number of ether oxygens (including phenoxy) is 2. The molecule has 0 spiro atoms. The number of aromatic nitrogens is 1. The maximum absolute atomic E-state index is 13.9. The number of hydrogen-bond donors (Lipinski definition) is 2. The fraction of sp³-hybridized carbons (Fsp3) is 0.381. The highest BCUT2D eigenvalue weighted by molar-refractivity contribution is 5.97. The van der Waals surface area contributed by atoms with Crippen molar-refractivity contribution in [2.24, 2.45) is 0 Å². The van der Waals surface area contributed by atoms with Crippen molar-refractivity contribution in [2.75, 3.05) is 19.5 Å². The van der Waals surface area contributed by atoms with Crippen LogP contribution in [-0.4, -0.2) is 48.0 Å². The number of nitrogens with one attached hydrogen (secondary N) is 1. The van der Waals surface area contributed by atoms with Gasteiger partial charge >= 0.3 is 12.1 Å². The molecule has 0 aliphatic rings. The van der Waals surface area contributed by atoms with E-state index in [2.05, 4.69) is 9.72 Å². The minimum atomic E-state index is -5.37. The van der Waals surface area contributed by atoms with Gasteiger partial charge in [0, 0.05) is 18.2 Å². The standard InChI is InChI=1S/C21H22F4N2O5/c1-19(2,14-9-13(22)6-7-15(14)31-3)11-20(30,21(23,24)25)18(29)27-16-8-5-12(10-26-16)17(28)32-4/h5-10,30H,11H2,1-4H3,(H,26,27,29). The van der Waals surface area contributed by atoms with E-state index in [1.54, 1.807) is 0 Å². The van der Waals surface area contributed by atoms with E-state index in [1.807, 2.05) is 5.32 Å². The van der Waals surface area contributed by atoms with Crippen molar-refractivity contribution in [1.82, 2.24) is 4.98 Å². The Morgan fingerprint density at radius 2 is 1.78 bits per heavy atom.